The van der Waals surface area contributed by atoms with Crippen molar-refractivity contribution in [3.05, 3.63) is 30.4 Å². The Bertz CT molecular complexity index is 877. The van der Waals surface area contributed by atoms with Crippen LogP contribution in [-0.2, 0) is 16.6 Å². The van der Waals surface area contributed by atoms with E-state index < -0.39 is 10.2 Å². The molecule has 0 radical (unpaired) electrons. The zero-order valence-electron chi connectivity index (χ0n) is 16.4. The molecule has 3 heterocycles. The predicted octanol–water partition coefficient (Wildman–Crippen LogP) is 1.98. The van der Waals surface area contributed by atoms with Crippen LogP contribution in [0.2, 0.25) is 0 Å². The maximum Gasteiger partial charge on any atom is 0.281 e. The number of hydrogen-bond donors (Lipinski definition) is 0. The minimum Gasteiger partial charge on any atom is -0.261 e. The molecule has 0 bridgehead atoms. The largest absolute Gasteiger partial charge is 0.281 e. The molecule has 1 atom stereocenters. The summed E-state index contributed by atoms with van der Waals surface area (Å²) >= 11 is 0. The lowest BCUT2D eigenvalue weighted by atomic mass is 9.93. The van der Waals surface area contributed by atoms with E-state index in [0.717, 1.165) is 29.9 Å². The highest BCUT2D eigenvalue weighted by molar-refractivity contribution is 7.86. The Hall–Kier alpha value is -1.84. The van der Waals surface area contributed by atoms with Crippen LogP contribution in [0.5, 0.6) is 0 Å². The molecular weight excluding hydrogens is 364 g/mol. The Balaban J connectivity index is 1.84. The highest BCUT2D eigenvalue weighted by Gasteiger charge is 2.31. The lowest BCUT2D eigenvalue weighted by Crippen LogP contribution is -2.45. The van der Waals surface area contributed by atoms with Crippen LogP contribution < -0.4 is 0 Å². The highest BCUT2D eigenvalue weighted by Crippen LogP contribution is 2.28. The lowest BCUT2D eigenvalue weighted by molar-refractivity contribution is 0.253. The zero-order chi connectivity index (χ0) is 19.6. The van der Waals surface area contributed by atoms with Gasteiger partial charge in [-0.2, -0.15) is 22.1 Å². The van der Waals surface area contributed by atoms with Gasteiger partial charge in [-0.1, -0.05) is 0 Å². The maximum atomic E-state index is 12.5. The van der Waals surface area contributed by atoms with Crippen molar-refractivity contribution in [1.29, 1.82) is 0 Å². The molecule has 1 fully saturated rings. The van der Waals surface area contributed by atoms with Crippen LogP contribution in [-0.4, -0.2) is 64.0 Å². The molecule has 148 valence electrons. The summed E-state index contributed by atoms with van der Waals surface area (Å²) in [5, 5.41) is 4.40. The summed E-state index contributed by atoms with van der Waals surface area (Å²) < 4.78 is 29.7. The molecule has 1 unspecified atom stereocenters. The predicted molar refractivity (Wildman–Crippen MR) is 104 cm³/mol. The smallest absolute Gasteiger partial charge is 0.261 e. The van der Waals surface area contributed by atoms with E-state index in [1.807, 2.05) is 10.7 Å². The Morgan fingerprint density at radius 1 is 1.22 bits per heavy atom. The molecule has 0 saturated carbocycles. The summed E-state index contributed by atoms with van der Waals surface area (Å²) in [4.78, 5) is 9.13. The van der Waals surface area contributed by atoms with Gasteiger partial charge in [-0.3, -0.25) is 14.6 Å². The van der Waals surface area contributed by atoms with Crippen LogP contribution in [0.1, 0.15) is 38.4 Å². The fourth-order valence-corrected chi connectivity index (χ4v) is 4.77. The van der Waals surface area contributed by atoms with E-state index >= 15 is 0 Å². The van der Waals surface area contributed by atoms with Crippen molar-refractivity contribution in [2.24, 2.45) is 5.92 Å². The molecule has 1 aliphatic rings. The number of nitrogens with zero attached hydrogens (tertiary/aromatic N) is 6. The fraction of sp³-hybridized carbons (Fsp3) is 0.611. The minimum atomic E-state index is -3.38. The molecule has 2 aromatic heterocycles. The summed E-state index contributed by atoms with van der Waals surface area (Å²) in [5.74, 6) is 0.222. The molecule has 0 N–H and O–H groups in total. The first-order valence-electron chi connectivity index (χ1n) is 9.32. The zero-order valence-corrected chi connectivity index (χ0v) is 17.2. The average Bonchev–Trinajstić information content (AvgIpc) is 3.12. The van der Waals surface area contributed by atoms with Crippen molar-refractivity contribution in [2.45, 2.75) is 39.2 Å². The number of piperidine rings is 1. The summed E-state index contributed by atoms with van der Waals surface area (Å²) in [6.45, 7) is 5.25. The van der Waals surface area contributed by atoms with Gasteiger partial charge in [0.25, 0.3) is 10.2 Å². The first-order valence-corrected chi connectivity index (χ1v) is 10.7. The van der Waals surface area contributed by atoms with Crippen molar-refractivity contribution in [3.63, 3.8) is 0 Å². The van der Waals surface area contributed by atoms with Gasteiger partial charge in [-0.05, 0) is 45.1 Å². The van der Waals surface area contributed by atoms with Gasteiger partial charge in [0, 0.05) is 51.8 Å². The van der Waals surface area contributed by atoms with E-state index in [9.17, 15) is 8.42 Å². The van der Waals surface area contributed by atoms with E-state index in [0.29, 0.717) is 19.5 Å². The molecule has 2 aromatic rings. The molecule has 3 rings (SSSR count). The Labute approximate surface area is 161 Å². The second kappa shape index (κ2) is 8.04. The third-order valence-corrected chi connectivity index (χ3v) is 6.83. The molecule has 9 heteroatoms. The van der Waals surface area contributed by atoms with Crippen LogP contribution >= 0.6 is 0 Å². The van der Waals surface area contributed by atoms with Crippen LogP contribution in [0.4, 0.5) is 0 Å². The van der Waals surface area contributed by atoms with Crippen molar-refractivity contribution in [1.82, 2.24) is 28.4 Å². The Kier molecular flexibility index (Phi) is 5.92. The van der Waals surface area contributed by atoms with E-state index in [1.54, 1.807) is 37.0 Å². The van der Waals surface area contributed by atoms with E-state index in [4.69, 9.17) is 0 Å². The van der Waals surface area contributed by atoms with Gasteiger partial charge in [-0.15, -0.1) is 0 Å². The fourth-order valence-electron chi connectivity index (χ4n) is 3.55. The van der Waals surface area contributed by atoms with Crippen LogP contribution in [0.25, 0.3) is 11.4 Å². The van der Waals surface area contributed by atoms with E-state index in [2.05, 4.69) is 28.9 Å². The molecule has 0 aliphatic carbocycles. The van der Waals surface area contributed by atoms with Crippen LogP contribution in [0, 0.1) is 5.92 Å². The molecule has 0 amide bonds. The van der Waals surface area contributed by atoms with Crippen LogP contribution in [0.15, 0.2) is 24.7 Å². The van der Waals surface area contributed by atoms with Crippen molar-refractivity contribution < 1.29 is 8.42 Å². The second-order valence-corrected chi connectivity index (χ2v) is 9.61. The summed E-state index contributed by atoms with van der Waals surface area (Å²) in [7, 11) is -0.228. The maximum absolute atomic E-state index is 12.5. The van der Waals surface area contributed by atoms with Crippen molar-refractivity contribution in [2.75, 3.05) is 27.2 Å². The number of aromatic nitrogens is 4. The third-order valence-electron chi connectivity index (χ3n) is 4.93. The Morgan fingerprint density at radius 2 is 1.96 bits per heavy atom. The molecular formula is C18H28N6O2S. The van der Waals surface area contributed by atoms with Gasteiger partial charge < -0.3 is 0 Å². The average molecular weight is 393 g/mol. The van der Waals surface area contributed by atoms with E-state index in [-0.39, 0.29) is 12.0 Å². The first-order chi connectivity index (χ1) is 12.8. The summed E-state index contributed by atoms with van der Waals surface area (Å²) in [6.07, 6.45) is 7.72. The highest BCUT2D eigenvalue weighted by atomic mass is 32.2. The van der Waals surface area contributed by atoms with Gasteiger partial charge in [0.1, 0.15) is 5.69 Å². The molecule has 1 aliphatic heterocycles. The standard InChI is InChI=1S/C18H28N6O2S/c1-14(2)24-17(7-8-21-24)18-16(19-9-10-20-18)12-15-6-5-11-23(13-15)27(25,26)22(3)4/h7-10,14-15H,5-6,11-13H2,1-4H3. The molecule has 0 spiro atoms. The summed E-state index contributed by atoms with van der Waals surface area (Å²) in [5.41, 5.74) is 2.67. The van der Waals surface area contributed by atoms with Gasteiger partial charge >= 0.3 is 0 Å². The molecule has 27 heavy (non-hydrogen) atoms. The summed E-state index contributed by atoms with van der Waals surface area (Å²) in [6, 6.07) is 2.18. The SMILES string of the molecule is CC(C)n1nccc1-c1nccnc1CC1CCCN(S(=O)(=O)N(C)C)C1. The topological polar surface area (TPSA) is 84.2 Å². The Morgan fingerprint density at radius 3 is 2.67 bits per heavy atom. The van der Waals surface area contributed by atoms with Gasteiger partial charge in [0.2, 0.25) is 0 Å². The molecule has 8 nitrogen and oxygen atoms in total. The van der Waals surface area contributed by atoms with Crippen molar-refractivity contribution >= 4 is 10.2 Å². The van der Waals surface area contributed by atoms with E-state index in [1.165, 1.54) is 4.31 Å². The minimum absolute atomic E-state index is 0.222. The molecule has 0 aromatic carbocycles. The van der Waals surface area contributed by atoms with Gasteiger partial charge in [-0.25, -0.2) is 0 Å². The number of hydrogen-bond acceptors (Lipinski definition) is 5. The molecule has 1 saturated heterocycles. The number of rotatable bonds is 6. The lowest BCUT2D eigenvalue weighted by Gasteiger charge is -2.33. The van der Waals surface area contributed by atoms with Gasteiger partial charge in [0.15, 0.2) is 0 Å². The monoisotopic (exact) mass is 392 g/mol. The van der Waals surface area contributed by atoms with Crippen LogP contribution in [0.3, 0.4) is 0 Å². The second-order valence-electron chi connectivity index (χ2n) is 7.47. The first kappa shape index (κ1) is 19.9. The third kappa shape index (κ3) is 4.20. The van der Waals surface area contributed by atoms with Gasteiger partial charge in [0.05, 0.1) is 11.4 Å². The van der Waals surface area contributed by atoms with Crippen molar-refractivity contribution in [3.8, 4) is 11.4 Å². The normalized spacial score (nSPS) is 19.1. The quantitative estimate of drug-likeness (QED) is 0.750.